The van der Waals surface area contributed by atoms with Gasteiger partial charge in [0.05, 0.1) is 6.67 Å². The first-order valence-corrected chi connectivity index (χ1v) is 6.02. The van der Waals surface area contributed by atoms with E-state index in [-0.39, 0.29) is 0 Å². The van der Waals surface area contributed by atoms with E-state index in [2.05, 4.69) is 9.80 Å². The van der Waals surface area contributed by atoms with Crippen LogP contribution >= 0.6 is 0 Å². The minimum Gasteiger partial charge on any atom is -0.288 e. The van der Waals surface area contributed by atoms with Gasteiger partial charge < -0.3 is 0 Å². The van der Waals surface area contributed by atoms with Crippen molar-refractivity contribution in [3.05, 3.63) is 0 Å². The van der Waals surface area contributed by atoms with Gasteiger partial charge in [0.15, 0.2) is 0 Å². The molecule has 0 aromatic rings. The number of rotatable bonds is 0. The smallest absolute Gasteiger partial charge is 0.205 e. The molecule has 4 fully saturated rings. The van der Waals surface area contributed by atoms with E-state index in [1.165, 1.54) is 65.7 Å². The molecular formula is C10H22N4+2. The summed E-state index contributed by atoms with van der Waals surface area (Å²) in [6.45, 7) is 13.7. The Labute approximate surface area is 86.0 Å². The van der Waals surface area contributed by atoms with Crippen LogP contribution in [-0.4, -0.2) is 75.5 Å². The maximum absolute atomic E-state index is 2.49. The predicted octanol–water partition coefficient (Wildman–Crippen LogP) is -3.68. The molecule has 4 nitrogen and oxygen atoms in total. The lowest BCUT2D eigenvalue weighted by molar-refractivity contribution is -0.962. The molecule has 2 N–H and O–H groups in total. The maximum Gasteiger partial charge on any atom is 0.205 e. The molecule has 0 atom stereocenters. The zero-order valence-corrected chi connectivity index (χ0v) is 8.97. The monoisotopic (exact) mass is 198 g/mol. The van der Waals surface area contributed by atoms with E-state index in [1.807, 2.05) is 9.80 Å². The fraction of sp³-hybridized carbons (Fsp3) is 1.00. The van der Waals surface area contributed by atoms with E-state index in [4.69, 9.17) is 0 Å². The lowest BCUT2D eigenvalue weighted by Gasteiger charge is -2.09. The highest BCUT2D eigenvalue weighted by Gasteiger charge is 2.33. The molecule has 14 heavy (non-hydrogen) atoms. The lowest BCUT2D eigenvalue weighted by Crippen LogP contribution is -3.14. The van der Waals surface area contributed by atoms with Crippen molar-refractivity contribution in [2.24, 2.45) is 0 Å². The minimum absolute atomic E-state index is 1.25. The fourth-order valence-corrected chi connectivity index (χ4v) is 3.02. The molecule has 80 valence electrons. The molecule has 4 saturated heterocycles. The number of hydrogen-bond donors (Lipinski definition) is 2. The van der Waals surface area contributed by atoms with E-state index in [9.17, 15) is 0 Å². The first kappa shape index (κ1) is 9.09. The molecule has 0 unspecified atom stereocenters. The van der Waals surface area contributed by atoms with Gasteiger partial charge in [-0.1, -0.05) is 0 Å². The van der Waals surface area contributed by atoms with Gasteiger partial charge in [0.1, 0.15) is 26.2 Å². The molecule has 0 aliphatic carbocycles. The number of fused-ring (bicyclic) bond motifs is 4. The molecule has 4 aliphatic rings. The van der Waals surface area contributed by atoms with E-state index < -0.39 is 0 Å². The summed E-state index contributed by atoms with van der Waals surface area (Å²) in [4.78, 5) is 8.63. The van der Waals surface area contributed by atoms with E-state index in [0.29, 0.717) is 0 Å². The van der Waals surface area contributed by atoms with Crippen LogP contribution in [0.4, 0.5) is 0 Å². The molecule has 0 saturated carbocycles. The van der Waals surface area contributed by atoms with Crippen LogP contribution in [0.5, 0.6) is 0 Å². The van der Waals surface area contributed by atoms with Crippen molar-refractivity contribution in [2.75, 3.05) is 65.7 Å². The van der Waals surface area contributed by atoms with Crippen LogP contribution in [0.15, 0.2) is 0 Å². The molecule has 0 aromatic heterocycles. The van der Waals surface area contributed by atoms with Crippen molar-refractivity contribution < 1.29 is 9.80 Å². The van der Waals surface area contributed by atoms with Crippen LogP contribution < -0.4 is 9.80 Å². The van der Waals surface area contributed by atoms with Gasteiger partial charge in [-0.2, -0.15) is 0 Å². The standard InChI is InChI=1S/2C5H10N2/c2*1-2-7-4-3-6(1)5-7/h2*1-5H2/p+2. The summed E-state index contributed by atoms with van der Waals surface area (Å²) in [5.41, 5.74) is 0. The van der Waals surface area contributed by atoms with Crippen molar-refractivity contribution in [2.45, 2.75) is 0 Å². The summed E-state index contributed by atoms with van der Waals surface area (Å²) >= 11 is 0. The van der Waals surface area contributed by atoms with E-state index in [0.717, 1.165) is 0 Å². The Bertz CT molecular complexity index is 150. The number of hydrogen-bond acceptors (Lipinski definition) is 2. The molecule has 0 amide bonds. The molecule has 4 bridgehead atoms. The van der Waals surface area contributed by atoms with Gasteiger partial charge in [-0.15, -0.1) is 0 Å². The third kappa shape index (κ3) is 1.80. The largest absolute Gasteiger partial charge is 0.288 e. The van der Waals surface area contributed by atoms with Crippen molar-refractivity contribution in [3.8, 4) is 0 Å². The number of nitrogens with one attached hydrogen (secondary N) is 2. The summed E-state index contributed by atoms with van der Waals surface area (Å²) in [6.07, 6.45) is 0. The van der Waals surface area contributed by atoms with Crippen molar-refractivity contribution >= 4 is 0 Å². The Morgan fingerprint density at radius 3 is 1.21 bits per heavy atom. The SMILES string of the molecule is C1CN2CCN1C2.C1C[NH+]2CC[NH+]1C2. The first-order chi connectivity index (χ1) is 6.90. The van der Waals surface area contributed by atoms with Gasteiger partial charge in [-0.25, -0.2) is 0 Å². The molecule has 0 aromatic carbocycles. The highest BCUT2D eigenvalue weighted by Crippen LogP contribution is 2.10. The molecule has 0 spiro atoms. The Morgan fingerprint density at radius 1 is 0.643 bits per heavy atom. The summed E-state index contributed by atoms with van der Waals surface area (Å²) < 4.78 is 0. The zero-order chi connectivity index (χ0) is 9.38. The second-order valence-electron chi connectivity index (χ2n) is 5.05. The number of nitrogens with zero attached hydrogens (tertiary/aromatic N) is 2. The molecule has 4 heteroatoms. The lowest BCUT2D eigenvalue weighted by atomic mass is 10.4. The van der Waals surface area contributed by atoms with Crippen LogP contribution in [0.2, 0.25) is 0 Å². The minimum atomic E-state index is 1.25. The van der Waals surface area contributed by atoms with Crippen LogP contribution in [0, 0.1) is 0 Å². The van der Waals surface area contributed by atoms with Crippen molar-refractivity contribution in [3.63, 3.8) is 0 Å². The number of piperazine rings is 2. The molecule has 0 radical (unpaired) electrons. The van der Waals surface area contributed by atoms with Crippen LogP contribution in [0.25, 0.3) is 0 Å². The second kappa shape index (κ2) is 3.77. The first-order valence-electron chi connectivity index (χ1n) is 6.02. The normalized spacial score (nSPS) is 48.0. The van der Waals surface area contributed by atoms with Gasteiger partial charge in [0, 0.05) is 26.2 Å². The summed E-state index contributed by atoms with van der Waals surface area (Å²) in [6, 6.07) is 0. The van der Waals surface area contributed by atoms with E-state index in [1.54, 1.807) is 0 Å². The Balaban J connectivity index is 0.0000000914. The van der Waals surface area contributed by atoms with E-state index >= 15 is 0 Å². The van der Waals surface area contributed by atoms with Crippen LogP contribution in [-0.2, 0) is 0 Å². The molecule has 4 rings (SSSR count). The topological polar surface area (TPSA) is 15.4 Å². The average molecular weight is 198 g/mol. The third-order valence-corrected chi connectivity index (χ3v) is 4.03. The quantitative estimate of drug-likeness (QED) is 0.417. The maximum atomic E-state index is 2.49. The van der Waals surface area contributed by atoms with Crippen LogP contribution in [0.1, 0.15) is 0 Å². The predicted molar refractivity (Wildman–Crippen MR) is 54.3 cm³/mol. The van der Waals surface area contributed by atoms with Crippen molar-refractivity contribution in [1.82, 2.24) is 9.80 Å². The number of quaternary nitrogens is 2. The molecule has 4 aliphatic heterocycles. The van der Waals surface area contributed by atoms with Gasteiger partial charge in [-0.3, -0.25) is 19.6 Å². The molecular weight excluding hydrogens is 176 g/mol. The zero-order valence-electron chi connectivity index (χ0n) is 8.97. The van der Waals surface area contributed by atoms with Gasteiger partial charge in [-0.05, 0) is 0 Å². The highest BCUT2D eigenvalue weighted by molar-refractivity contribution is 4.78. The summed E-state index contributed by atoms with van der Waals surface area (Å²) in [5.74, 6) is 0. The van der Waals surface area contributed by atoms with Gasteiger partial charge in [0.25, 0.3) is 0 Å². The highest BCUT2D eigenvalue weighted by atomic mass is 15.4. The summed E-state index contributed by atoms with van der Waals surface area (Å²) in [7, 11) is 0. The fourth-order valence-electron chi connectivity index (χ4n) is 3.02. The van der Waals surface area contributed by atoms with Gasteiger partial charge in [0.2, 0.25) is 6.67 Å². The van der Waals surface area contributed by atoms with Crippen LogP contribution in [0.3, 0.4) is 0 Å². The second-order valence-corrected chi connectivity index (χ2v) is 5.05. The summed E-state index contributed by atoms with van der Waals surface area (Å²) in [5, 5.41) is 0. The van der Waals surface area contributed by atoms with Crippen molar-refractivity contribution in [1.29, 1.82) is 0 Å². The Hall–Kier alpha value is -0.160. The third-order valence-electron chi connectivity index (χ3n) is 4.03. The Kier molecular flexibility index (Phi) is 2.45. The average Bonchev–Trinajstić information content (AvgIpc) is 3.01. The Morgan fingerprint density at radius 2 is 1.07 bits per heavy atom. The molecule has 4 heterocycles. The van der Waals surface area contributed by atoms with Gasteiger partial charge >= 0.3 is 0 Å².